The van der Waals surface area contributed by atoms with Crippen LogP contribution in [0, 0.1) is 10.1 Å². The van der Waals surface area contributed by atoms with E-state index in [2.05, 4.69) is 20.5 Å². The van der Waals surface area contributed by atoms with E-state index in [0.717, 1.165) is 26.2 Å². The van der Waals surface area contributed by atoms with Crippen molar-refractivity contribution in [2.75, 3.05) is 32.7 Å². The summed E-state index contributed by atoms with van der Waals surface area (Å²) in [6, 6.07) is 6.15. The van der Waals surface area contributed by atoms with Gasteiger partial charge in [0, 0.05) is 32.7 Å². The van der Waals surface area contributed by atoms with Crippen molar-refractivity contribution in [1.29, 1.82) is 0 Å². The first-order valence-corrected chi connectivity index (χ1v) is 11.3. The standard InChI is InChI=1S/C18H25N7O5S/c19-31(29,30)16-3-1-2-14(10-16)4-5-21-17(26)13-24-12-15(22-18(24)25(27)28)11-23-8-6-20-7-9-23/h1-3,10,12,20H,4-9,11,13H2,(H,21,26)(H2,19,29,30). The number of carbonyl (C=O) groups excluding carboxylic acids is 1. The predicted octanol–water partition coefficient (Wildman–Crippen LogP) is -0.797. The maximum absolute atomic E-state index is 12.3. The molecule has 0 bridgehead atoms. The number of carbonyl (C=O) groups is 1. The molecule has 3 rings (SSSR count). The number of sulfonamides is 1. The maximum Gasteiger partial charge on any atom is 0.435 e. The van der Waals surface area contributed by atoms with Gasteiger partial charge >= 0.3 is 5.95 Å². The second kappa shape index (κ2) is 9.96. The van der Waals surface area contributed by atoms with Crippen LogP contribution >= 0.6 is 0 Å². The molecule has 1 fully saturated rings. The molecule has 1 aliphatic rings. The number of piperazine rings is 1. The molecule has 13 heteroatoms. The van der Waals surface area contributed by atoms with E-state index in [-0.39, 0.29) is 23.9 Å². The molecule has 168 valence electrons. The lowest BCUT2D eigenvalue weighted by Crippen LogP contribution is -2.42. The molecule has 0 spiro atoms. The summed E-state index contributed by atoms with van der Waals surface area (Å²) >= 11 is 0. The van der Waals surface area contributed by atoms with Crippen LogP contribution in [0.3, 0.4) is 0 Å². The number of primary sulfonamides is 1. The summed E-state index contributed by atoms with van der Waals surface area (Å²) in [5.41, 5.74) is 1.24. The van der Waals surface area contributed by atoms with Gasteiger partial charge in [0.15, 0.2) is 12.2 Å². The molecule has 0 atom stereocenters. The van der Waals surface area contributed by atoms with Gasteiger partial charge in [-0.05, 0) is 29.0 Å². The molecule has 1 aromatic carbocycles. The van der Waals surface area contributed by atoms with Gasteiger partial charge in [-0.15, -0.1) is 0 Å². The van der Waals surface area contributed by atoms with Crippen molar-refractivity contribution in [3.05, 3.63) is 51.8 Å². The van der Waals surface area contributed by atoms with E-state index in [1.54, 1.807) is 12.1 Å². The number of nitrogens with one attached hydrogen (secondary N) is 2. The largest absolute Gasteiger partial charge is 0.435 e. The molecule has 0 aliphatic carbocycles. The Morgan fingerprint density at radius 3 is 2.74 bits per heavy atom. The Labute approximate surface area is 179 Å². The average Bonchev–Trinajstić information content (AvgIpc) is 3.10. The van der Waals surface area contributed by atoms with Gasteiger partial charge in [-0.3, -0.25) is 9.69 Å². The summed E-state index contributed by atoms with van der Waals surface area (Å²) in [6.45, 7) is 3.85. The Bertz CT molecular complexity index is 1050. The highest BCUT2D eigenvalue weighted by Crippen LogP contribution is 2.14. The molecular weight excluding hydrogens is 426 g/mol. The van der Waals surface area contributed by atoms with Crippen molar-refractivity contribution in [3.8, 4) is 0 Å². The topological polar surface area (TPSA) is 165 Å². The number of hydrogen-bond acceptors (Lipinski definition) is 8. The molecule has 0 saturated carbocycles. The number of hydrogen-bond donors (Lipinski definition) is 3. The van der Waals surface area contributed by atoms with Crippen LogP contribution < -0.4 is 15.8 Å². The Balaban J connectivity index is 1.56. The number of benzene rings is 1. The number of imidazole rings is 1. The van der Waals surface area contributed by atoms with Crippen LogP contribution in [0.2, 0.25) is 0 Å². The molecule has 1 aliphatic heterocycles. The number of rotatable bonds is 9. The van der Waals surface area contributed by atoms with Gasteiger partial charge in [0.25, 0.3) is 5.91 Å². The Kier molecular flexibility index (Phi) is 7.33. The van der Waals surface area contributed by atoms with E-state index in [9.17, 15) is 23.3 Å². The molecule has 2 aromatic rings. The molecule has 1 saturated heterocycles. The van der Waals surface area contributed by atoms with Crippen LogP contribution in [-0.4, -0.2) is 66.4 Å². The monoisotopic (exact) mass is 451 g/mol. The van der Waals surface area contributed by atoms with Gasteiger partial charge in [-0.2, -0.15) is 0 Å². The van der Waals surface area contributed by atoms with Crippen molar-refractivity contribution in [3.63, 3.8) is 0 Å². The summed E-state index contributed by atoms with van der Waals surface area (Å²) in [4.78, 5) is 29.2. The van der Waals surface area contributed by atoms with Crippen LogP contribution in [-0.2, 0) is 34.3 Å². The minimum atomic E-state index is -3.80. The zero-order valence-corrected chi connectivity index (χ0v) is 17.7. The summed E-state index contributed by atoms with van der Waals surface area (Å²) in [5.74, 6) is -0.780. The fourth-order valence-corrected chi connectivity index (χ4v) is 3.91. The van der Waals surface area contributed by atoms with Crippen molar-refractivity contribution in [2.24, 2.45) is 5.14 Å². The SMILES string of the molecule is NS(=O)(=O)c1cccc(CCNC(=O)Cn2cc(CN3CCNCC3)nc2[N+](=O)[O-])c1. The van der Waals surface area contributed by atoms with Gasteiger partial charge in [0.05, 0.1) is 11.4 Å². The molecule has 31 heavy (non-hydrogen) atoms. The van der Waals surface area contributed by atoms with E-state index >= 15 is 0 Å². The van der Waals surface area contributed by atoms with Crippen LogP contribution in [0.15, 0.2) is 35.4 Å². The van der Waals surface area contributed by atoms with E-state index < -0.39 is 20.9 Å². The first kappa shape index (κ1) is 22.8. The van der Waals surface area contributed by atoms with E-state index in [0.29, 0.717) is 24.2 Å². The van der Waals surface area contributed by atoms with Gasteiger partial charge in [0.1, 0.15) is 6.20 Å². The van der Waals surface area contributed by atoms with Crippen molar-refractivity contribution in [2.45, 2.75) is 24.4 Å². The molecule has 0 radical (unpaired) electrons. The Hall–Kier alpha value is -2.87. The number of nitrogens with two attached hydrogens (primary N) is 1. The van der Waals surface area contributed by atoms with Crippen LogP contribution in [0.25, 0.3) is 0 Å². The second-order valence-electron chi connectivity index (χ2n) is 7.24. The summed E-state index contributed by atoms with van der Waals surface area (Å²) in [5, 5.41) is 22.4. The highest BCUT2D eigenvalue weighted by atomic mass is 32.2. The molecule has 12 nitrogen and oxygen atoms in total. The highest BCUT2D eigenvalue weighted by Gasteiger charge is 2.23. The highest BCUT2D eigenvalue weighted by molar-refractivity contribution is 7.89. The quantitative estimate of drug-likeness (QED) is 0.329. The van der Waals surface area contributed by atoms with Crippen molar-refractivity contribution >= 4 is 21.9 Å². The van der Waals surface area contributed by atoms with E-state index in [1.165, 1.54) is 22.9 Å². The Morgan fingerprint density at radius 1 is 1.32 bits per heavy atom. The van der Waals surface area contributed by atoms with Crippen LogP contribution in [0.4, 0.5) is 5.95 Å². The maximum atomic E-state index is 12.3. The molecule has 4 N–H and O–H groups in total. The fraction of sp³-hybridized carbons (Fsp3) is 0.444. The van der Waals surface area contributed by atoms with E-state index in [4.69, 9.17) is 5.14 Å². The molecule has 1 aromatic heterocycles. The number of nitro groups is 1. The summed E-state index contributed by atoms with van der Waals surface area (Å²) < 4.78 is 24.1. The number of amides is 1. The van der Waals surface area contributed by atoms with Crippen molar-refractivity contribution < 1.29 is 18.1 Å². The summed E-state index contributed by atoms with van der Waals surface area (Å²) in [6.07, 6.45) is 1.92. The minimum absolute atomic E-state index is 0.00221. The third-order valence-corrected chi connectivity index (χ3v) is 5.75. The van der Waals surface area contributed by atoms with Crippen LogP contribution in [0.5, 0.6) is 0 Å². The van der Waals surface area contributed by atoms with Gasteiger partial charge in [-0.25, -0.2) is 18.1 Å². The summed E-state index contributed by atoms with van der Waals surface area (Å²) in [7, 11) is -3.80. The zero-order valence-electron chi connectivity index (χ0n) is 16.9. The molecule has 1 amide bonds. The normalized spacial score (nSPS) is 15.0. The minimum Gasteiger partial charge on any atom is -0.390 e. The lowest BCUT2D eigenvalue weighted by atomic mass is 10.1. The molecule has 2 heterocycles. The molecule has 0 unspecified atom stereocenters. The lowest BCUT2D eigenvalue weighted by Gasteiger charge is -2.25. The van der Waals surface area contributed by atoms with Gasteiger partial charge in [-0.1, -0.05) is 17.1 Å². The average molecular weight is 452 g/mol. The fourth-order valence-electron chi connectivity index (χ4n) is 3.33. The zero-order chi connectivity index (χ0) is 22.4. The smallest absolute Gasteiger partial charge is 0.390 e. The first-order valence-electron chi connectivity index (χ1n) is 9.74. The van der Waals surface area contributed by atoms with Gasteiger partial charge < -0.3 is 20.7 Å². The Morgan fingerprint density at radius 2 is 2.06 bits per heavy atom. The lowest BCUT2D eigenvalue weighted by molar-refractivity contribution is -0.396. The first-order chi connectivity index (χ1) is 14.7. The third kappa shape index (κ3) is 6.55. The second-order valence-corrected chi connectivity index (χ2v) is 8.80. The number of aromatic nitrogens is 2. The van der Waals surface area contributed by atoms with Gasteiger partial charge in [0.2, 0.25) is 10.0 Å². The van der Waals surface area contributed by atoms with Crippen LogP contribution in [0.1, 0.15) is 11.3 Å². The van der Waals surface area contributed by atoms with Crippen molar-refractivity contribution in [1.82, 2.24) is 25.1 Å². The predicted molar refractivity (Wildman–Crippen MR) is 112 cm³/mol. The van der Waals surface area contributed by atoms with E-state index in [1.807, 2.05) is 0 Å². The number of nitrogens with zero attached hydrogens (tertiary/aromatic N) is 4. The third-order valence-electron chi connectivity index (χ3n) is 4.84. The molecular formula is C18H25N7O5S.